The molecule has 2 aromatic carbocycles. The molecular formula is C19H19NO4. The van der Waals surface area contributed by atoms with Gasteiger partial charge in [0.1, 0.15) is 0 Å². The van der Waals surface area contributed by atoms with Gasteiger partial charge in [0.05, 0.1) is 13.7 Å². The first kappa shape index (κ1) is 16.1. The van der Waals surface area contributed by atoms with E-state index in [1.54, 1.807) is 6.92 Å². The summed E-state index contributed by atoms with van der Waals surface area (Å²) in [5, 5.41) is 0. The molecule has 0 radical (unpaired) electrons. The Kier molecular flexibility index (Phi) is 4.25. The van der Waals surface area contributed by atoms with Crippen molar-refractivity contribution in [3.8, 4) is 0 Å². The van der Waals surface area contributed by atoms with E-state index in [0.29, 0.717) is 0 Å². The third-order valence-electron chi connectivity index (χ3n) is 4.39. The Morgan fingerprint density at radius 3 is 2.29 bits per heavy atom. The Hall–Kier alpha value is -2.82. The SMILES string of the molecule is COC(=O)C1(C)C(c2ccccc2)OC(=O)N1Cc1ccccc1. The molecule has 0 N–H and O–H groups in total. The second-order valence-electron chi connectivity index (χ2n) is 5.89. The number of cyclic esters (lactones) is 1. The van der Waals surface area contributed by atoms with Crippen LogP contribution in [-0.2, 0) is 20.8 Å². The van der Waals surface area contributed by atoms with Gasteiger partial charge in [0.25, 0.3) is 0 Å². The Bertz CT molecular complexity index is 732. The topological polar surface area (TPSA) is 55.8 Å². The van der Waals surface area contributed by atoms with E-state index in [2.05, 4.69) is 0 Å². The van der Waals surface area contributed by atoms with E-state index in [4.69, 9.17) is 9.47 Å². The Morgan fingerprint density at radius 1 is 1.12 bits per heavy atom. The zero-order valence-electron chi connectivity index (χ0n) is 13.6. The maximum atomic E-state index is 12.6. The number of benzene rings is 2. The second-order valence-corrected chi connectivity index (χ2v) is 5.89. The summed E-state index contributed by atoms with van der Waals surface area (Å²) < 4.78 is 10.5. The molecule has 0 spiro atoms. The van der Waals surface area contributed by atoms with Crippen LogP contribution in [0.2, 0.25) is 0 Å². The van der Waals surface area contributed by atoms with E-state index >= 15 is 0 Å². The number of esters is 1. The van der Waals surface area contributed by atoms with Crippen LogP contribution in [-0.4, -0.2) is 29.6 Å². The molecule has 0 aromatic heterocycles. The van der Waals surface area contributed by atoms with Gasteiger partial charge in [0.2, 0.25) is 0 Å². The fraction of sp³-hybridized carbons (Fsp3) is 0.263. The normalized spacial score (nSPS) is 23.0. The number of amides is 1. The molecular weight excluding hydrogens is 306 g/mol. The molecule has 1 fully saturated rings. The molecule has 2 aromatic rings. The van der Waals surface area contributed by atoms with E-state index in [1.165, 1.54) is 12.0 Å². The van der Waals surface area contributed by atoms with Crippen LogP contribution in [0.25, 0.3) is 0 Å². The van der Waals surface area contributed by atoms with Crippen molar-refractivity contribution >= 4 is 12.1 Å². The van der Waals surface area contributed by atoms with Gasteiger partial charge in [0, 0.05) is 0 Å². The van der Waals surface area contributed by atoms with Crippen molar-refractivity contribution in [3.63, 3.8) is 0 Å². The van der Waals surface area contributed by atoms with E-state index in [1.807, 2.05) is 60.7 Å². The minimum Gasteiger partial charge on any atom is -0.467 e. The second kappa shape index (κ2) is 6.35. The summed E-state index contributed by atoms with van der Waals surface area (Å²) >= 11 is 0. The van der Waals surface area contributed by atoms with Crippen molar-refractivity contribution in [2.45, 2.75) is 25.1 Å². The minimum atomic E-state index is -1.23. The molecule has 124 valence electrons. The fourth-order valence-electron chi connectivity index (χ4n) is 3.05. The number of carbonyl (C=O) groups excluding carboxylic acids is 2. The van der Waals surface area contributed by atoms with Crippen LogP contribution in [0.4, 0.5) is 4.79 Å². The van der Waals surface area contributed by atoms with Gasteiger partial charge in [-0.25, -0.2) is 9.59 Å². The van der Waals surface area contributed by atoms with Gasteiger partial charge < -0.3 is 9.47 Å². The number of methoxy groups -OCH3 is 1. The largest absolute Gasteiger partial charge is 0.467 e. The van der Waals surface area contributed by atoms with Crippen molar-refractivity contribution in [3.05, 3.63) is 71.8 Å². The summed E-state index contributed by atoms with van der Waals surface area (Å²) in [5.74, 6) is -0.502. The van der Waals surface area contributed by atoms with Gasteiger partial charge in [-0.05, 0) is 18.1 Å². The molecule has 5 nitrogen and oxygen atoms in total. The summed E-state index contributed by atoms with van der Waals surface area (Å²) in [5.41, 5.74) is 0.441. The fourth-order valence-corrected chi connectivity index (χ4v) is 3.05. The van der Waals surface area contributed by atoms with E-state index in [9.17, 15) is 9.59 Å². The molecule has 1 saturated heterocycles. The van der Waals surface area contributed by atoms with Crippen molar-refractivity contribution < 1.29 is 19.1 Å². The summed E-state index contributed by atoms with van der Waals surface area (Å²) in [6.07, 6.45) is -1.25. The number of ether oxygens (including phenoxy) is 2. The minimum absolute atomic E-state index is 0.272. The molecule has 1 aliphatic heterocycles. The molecule has 1 aliphatic rings. The Morgan fingerprint density at radius 2 is 1.71 bits per heavy atom. The zero-order chi connectivity index (χ0) is 17.2. The third-order valence-corrected chi connectivity index (χ3v) is 4.39. The number of nitrogens with zero attached hydrogens (tertiary/aromatic N) is 1. The first-order valence-electron chi connectivity index (χ1n) is 7.73. The highest BCUT2D eigenvalue weighted by molar-refractivity contribution is 5.89. The lowest BCUT2D eigenvalue weighted by Crippen LogP contribution is -2.52. The van der Waals surface area contributed by atoms with Gasteiger partial charge in [-0.1, -0.05) is 60.7 Å². The van der Waals surface area contributed by atoms with E-state index < -0.39 is 23.7 Å². The summed E-state index contributed by atoms with van der Waals surface area (Å²) in [6.45, 7) is 1.96. The van der Waals surface area contributed by atoms with Crippen molar-refractivity contribution in [1.29, 1.82) is 0 Å². The molecule has 3 rings (SSSR count). The highest BCUT2D eigenvalue weighted by atomic mass is 16.6. The van der Waals surface area contributed by atoms with Crippen LogP contribution < -0.4 is 0 Å². The maximum absolute atomic E-state index is 12.6. The molecule has 0 bridgehead atoms. The van der Waals surface area contributed by atoms with E-state index in [0.717, 1.165) is 11.1 Å². The lowest BCUT2D eigenvalue weighted by molar-refractivity contribution is -0.154. The van der Waals surface area contributed by atoms with Gasteiger partial charge in [0.15, 0.2) is 11.6 Å². The predicted octanol–water partition coefficient (Wildman–Crippen LogP) is 3.31. The summed E-state index contributed by atoms with van der Waals surface area (Å²) in [6, 6.07) is 18.7. The van der Waals surface area contributed by atoms with Crippen LogP contribution in [0.5, 0.6) is 0 Å². The Labute approximate surface area is 140 Å². The number of carbonyl (C=O) groups is 2. The van der Waals surface area contributed by atoms with Gasteiger partial charge in [-0.15, -0.1) is 0 Å². The lowest BCUT2D eigenvalue weighted by Gasteiger charge is -2.33. The number of hydrogen-bond acceptors (Lipinski definition) is 4. The van der Waals surface area contributed by atoms with Crippen LogP contribution in [0.1, 0.15) is 24.2 Å². The van der Waals surface area contributed by atoms with Crippen LogP contribution >= 0.6 is 0 Å². The molecule has 0 aliphatic carbocycles. The Balaban J connectivity index is 2.01. The van der Waals surface area contributed by atoms with Gasteiger partial charge in [-0.3, -0.25) is 4.90 Å². The molecule has 0 saturated carbocycles. The number of hydrogen-bond donors (Lipinski definition) is 0. The first-order valence-corrected chi connectivity index (χ1v) is 7.73. The van der Waals surface area contributed by atoms with Gasteiger partial charge >= 0.3 is 12.1 Å². The monoisotopic (exact) mass is 325 g/mol. The van der Waals surface area contributed by atoms with Crippen LogP contribution in [0.15, 0.2) is 60.7 Å². The average Bonchev–Trinajstić information content (AvgIpc) is 2.88. The third kappa shape index (κ3) is 2.62. The maximum Gasteiger partial charge on any atom is 0.411 e. The van der Waals surface area contributed by atoms with E-state index in [-0.39, 0.29) is 6.54 Å². The van der Waals surface area contributed by atoms with Crippen LogP contribution in [0, 0.1) is 0 Å². The van der Waals surface area contributed by atoms with Crippen molar-refractivity contribution in [1.82, 2.24) is 4.90 Å². The molecule has 24 heavy (non-hydrogen) atoms. The average molecular weight is 325 g/mol. The highest BCUT2D eigenvalue weighted by Gasteiger charge is 2.58. The van der Waals surface area contributed by atoms with Gasteiger partial charge in [-0.2, -0.15) is 0 Å². The molecule has 2 atom stereocenters. The summed E-state index contributed by atoms with van der Waals surface area (Å²) in [4.78, 5) is 26.5. The summed E-state index contributed by atoms with van der Waals surface area (Å²) in [7, 11) is 1.32. The predicted molar refractivity (Wildman–Crippen MR) is 88.1 cm³/mol. The van der Waals surface area contributed by atoms with Crippen LogP contribution in [0.3, 0.4) is 0 Å². The molecule has 5 heteroatoms. The molecule has 1 heterocycles. The first-order chi connectivity index (χ1) is 11.6. The standard InChI is InChI=1S/C19H19NO4/c1-19(17(21)23-2)16(15-11-7-4-8-12-15)24-18(22)20(19)13-14-9-5-3-6-10-14/h3-12,16H,13H2,1-2H3. The van der Waals surface area contributed by atoms with Crippen molar-refractivity contribution in [2.75, 3.05) is 7.11 Å². The molecule has 2 unspecified atom stereocenters. The molecule has 1 amide bonds. The zero-order valence-corrected chi connectivity index (χ0v) is 13.6. The quantitative estimate of drug-likeness (QED) is 0.809. The lowest BCUT2D eigenvalue weighted by atomic mass is 9.88. The number of rotatable bonds is 4. The van der Waals surface area contributed by atoms with Crippen molar-refractivity contribution in [2.24, 2.45) is 0 Å². The smallest absolute Gasteiger partial charge is 0.411 e. The highest BCUT2D eigenvalue weighted by Crippen LogP contribution is 2.42.